The Hall–Kier alpha value is -1.73. The first-order valence-electron chi connectivity index (χ1n) is 2.27. The summed E-state index contributed by atoms with van der Waals surface area (Å²) in [5, 5.41) is 18.5. The third-order valence-corrected chi connectivity index (χ3v) is 0.687. The van der Waals surface area contributed by atoms with Gasteiger partial charge in [-0.05, 0) is 10.4 Å². The van der Waals surface area contributed by atoms with E-state index in [4.69, 9.17) is 0 Å². The van der Waals surface area contributed by atoms with Crippen LogP contribution in [0.15, 0.2) is 6.33 Å². The Balaban J connectivity index is 2.35. The van der Waals surface area contributed by atoms with Gasteiger partial charge < -0.3 is 0 Å². The molecule has 0 unspecified atom stereocenters. The van der Waals surface area contributed by atoms with E-state index in [1.165, 1.54) is 6.33 Å². The van der Waals surface area contributed by atoms with Gasteiger partial charge in [0.25, 0.3) is 5.09 Å². The molecule has 1 aromatic heterocycles. The molecule has 0 N–H and O–H groups in total. The zero-order valence-corrected chi connectivity index (χ0v) is 4.75. The standard InChI is InChI=1S/C2H3N5O3/c8-7(9)10-2-6-1-3-4-5-6/h1H,2H2. The summed E-state index contributed by atoms with van der Waals surface area (Å²) in [7, 11) is 0. The third-order valence-electron chi connectivity index (χ3n) is 0.687. The number of aromatic nitrogens is 4. The number of nitrogens with zero attached hydrogens (tertiary/aromatic N) is 5. The van der Waals surface area contributed by atoms with Crippen molar-refractivity contribution >= 4 is 0 Å². The molecule has 1 rings (SSSR count). The Morgan fingerprint density at radius 1 is 1.80 bits per heavy atom. The Morgan fingerprint density at radius 2 is 2.60 bits per heavy atom. The summed E-state index contributed by atoms with van der Waals surface area (Å²) in [4.78, 5) is 13.5. The second-order valence-electron chi connectivity index (χ2n) is 1.33. The van der Waals surface area contributed by atoms with Crippen molar-refractivity contribution < 1.29 is 9.92 Å². The molecule has 8 nitrogen and oxygen atoms in total. The zero-order chi connectivity index (χ0) is 7.40. The summed E-state index contributed by atoms with van der Waals surface area (Å²) in [6.07, 6.45) is 1.21. The maximum Gasteiger partial charge on any atom is 0.296 e. The normalized spacial score (nSPS) is 9.20. The van der Waals surface area contributed by atoms with Crippen LogP contribution >= 0.6 is 0 Å². The lowest BCUT2D eigenvalue weighted by atomic mass is 11.1. The van der Waals surface area contributed by atoms with Gasteiger partial charge in [-0.3, -0.25) is 4.84 Å². The van der Waals surface area contributed by atoms with E-state index >= 15 is 0 Å². The Morgan fingerprint density at radius 3 is 3.10 bits per heavy atom. The van der Waals surface area contributed by atoms with E-state index < -0.39 is 5.09 Å². The molecule has 1 heterocycles. The minimum atomic E-state index is -0.915. The Kier molecular flexibility index (Phi) is 1.73. The van der Waals surface area contributed by atoms with Crippen LogP contribution in [0.1, 0.15) is 0 Å². The second kappa shape index (κ2) is 2.71. The molecule has 0 aliphatic heterocycles. The molecule has 8 heteroatoms. The fourth-order valence-electron chi connectivity index (χ4n) is 0.346. The monoisotopic (exact) mass is 145 g/mol. The summed E-state index contributed by atoms with van der Waals surface area (Å²) in [6.45, 7) is -0.278. The highest BCUT2D eigenvalue weighted by Crippen LogP contribution is 1.79. The van der Waals surface area contributed by atoms with E-state index in [1.807, 2.05) is 0 Å². The third kappa shape index (κ3) is 1.65. The topological polar surface area (TPSA) is 96.0 Å². The van der Waals surface area contributed by atoms with Crippen LogP contribution in [0.25, 0.3) is 0 Å². The van der Waals surface area contributed by atoms with Crippen molar-refractivity contribution in [2.24, 2.45) is 0 Å². The number of rotatable bonds is 3. The fraction of sp³-hybridized carbons (Fsp3) is 0.500. The highest BCUT2D eigenvalue weighted by atomic mass is 17.0. The number of hydrogen-bond acceptors (Lipinski definition) is 6. The van der Waals surface area contributed by atoms with Gasteiger partial charge in [-0.1, -0.05) is 0 Å². The average molecular weight is 145 g/mol. The average Bonchev–Trinajstić information content (AvgIpc) is 2.34. The highest BCUT2D eigenvalue weighted by molar-refractivity contribution is 4.38. The summed E-state index contributed by atoms with van der Waals surface area (Å²) in [6, 6.07) is 0. The van der Waals surface area contributed by atoms with Crippen molar-refractivity contribution in [2.75, 3.05) is 0 Å². The first-order chi connectivity index (χ1) is 4.79. The highest BCUT2D eigenvalue weighted by Gasteiger charge is 1.95. The summed E-state index contributed by atoms with van der Waals surface area (Å²) >= 11 is 0. The van der Waals surface area contributed by atoms with Crippen LogP contribution < -0.4 is 0 Å². The minimum Gasteiger partial charge on any atom is -0.290 e. The predicted molar refractivity (Wildman–Crippen MR) is 25.9 cm³/mol. The quantitative estimate of drug-likeness (QED) is 0.393. The van der Waals surface area contributed by atoms with E-state index in [-0.39, 0.29) is 6.73 Å². The van der Waals surface area contributed by atoms with Crippen molar-refractivity contribution in [2.45, 2.75) is 6.73 Å². The Labute approximate surface area is 54.5 Å². The van der Waals surface area contributed by atoms with Gasteiger partial charge in [-0.25, -0.2) is 4.68 Å². The first-order valence-corrected chi connectivity index (χ1v) is 2.27. The van der Waals surface area contributed by atoms with Gasteiger partial charge in [0.2, 0.25) is 0 Å². The molecule has 0 bridgehead atoms. The zero-order valence-electron chi connectivity index (χ0n) is 4.75. The molecule has 0 aromatic carbocycles. The lowest BCUT2D eigenvalue weighted by Crippen LogP contribution is -2.07. The van der Waals surface area contributed by atoms with Gasteiger partial charge in [0.15, 0.2) is 6.73 Å². The van der Waals surface area contributed by atoms with Crippen LogP contribution in [0.4, 0.5) is 0 Å². The van der Waals surface area contributed by atoms with Crippen molar-refractivity contribution in [3.63, 3.8) is 0 Å². The predicted octanol–water partition coefficient (Wildman–Crippen LogP) is -1.16. The van der Waals surface area contributed by atoms with E-state index in [0.29, 0.717) is 0 Å². The molecular weight excluding hydrogens is 142 g/mol. The largest absolute Gasteiger partial charge is 0.296 e. The van der Waals surface area contributed by atoms with Crippen molar-refractivity contribution in [1.29, 1.82) is 0 Å². The van der Waals surface area contributed by atoms with Gasteiger partial charge in [0.05, 0.1) is 0 Å². The molecule has 0 saturated heterocycles. The van der Waals surface area contributed by atoms with Gasteiger partial charge in [0, 0.05) is 0 Å². The molecule has 0 spiro atoms. The van der Waals surface area contributed by atoms with Gasteiger partial charge in [-0.15, -0.1) is 15.2 Å². The van der Waals surface area contributed by atoms with Crippen molar-refractivity contribution in [1.82, 2.24) is 20.2 Å². The second-order valence-corrected chi connectivity index (χ2v) is 1.33. The van der Waals surface area contributed by atoms with Crippen molar-refractivity contribution in [3.05, 3.63) is 16.4 Å². The summed E-state index contributed by atoms with van der Waals surface area (Å²) in [5.41, 5.74) is 0. The number of hydrogen-bond donors (Lipinski definition) is 0. The molecule has 0 saturated carbocycles. The SMILES string of the molecule is O=[N+]([O-])OCn1cnnn1. The van der Waals surface area contributed by atoms with E-state index in [1.54, 1.807) is 0 Å². The van der Waals surface area contributed by atoms with Crippen LogP contribution in [0.5, 0.6) is 0 Å². The van der Waals surface area contributed by atoms with Crippen molar-refractivity contribution in [3.8, 4) is 0 Å². The molecular formula is C2H3N5O3. The van der Waals surface area contributed by atoms with Crippen LogP contribution in [-0.2, 0) is 11.6 Å². The minimum absolute atomic E-state index is 0.278. The van der Waals surface area contributed by atoms with Gasteiger partial charge in [0.1, 0.15) is 6.33 Å². The maximum absolute atomic E-state index is 9.60. The lowest BCUT2D eigenvalue weighted by molar-refractivity contribution is -0.767. The summed E-state index contributed by atoms with van der Waals surface area (Å²) < 4.78 is 1.09. The molecule has 1 aromatic rings. The molecule has 0 radical (unpaired) electrons. The summed E-state index contributed by atoms with van der Waals surface area (Å²) in [5.74, 6) is 0. The Bertz CT molecular complexity index is 207. The van der Waals surface area contributed by atoms with Crippen LogP contribution in [0, 0.1) is 10.1 Å². The van der Waals surface area contributed by atoms with E-state index in [0.717, 1.165) is 4.68 Å². The number of tetrazole rings is 1. The molecule has 0 fully saturated rings. The molecule has 0 aliphatic rings. The van der Waals surface area contributed by atoms with Crippen LogP contribution in [0.2, 0.25) is 0 Å². The smallest absolute Gasteiger partial charge is 0.290 e. The molecule has 0 amide bonds. The molecule has 10 heavy (non-hydrogen) atoms. The fourth-order valence-corrected chi connectivity index (χ4v) is 0.346. The molecule has 0 atom stereocenters. The van der Waals surface area contributed by atoms with Crippen LogP contribution in [0.3, 0.4) is 0 Å². The van der Waals surface area contributed by atoms with Gasteiger partial charge >= 0.3 is 0 Å². The first kappa shape index (κ1) is 6.39. The van der Waals surface area contributed by atoms with Gasteiger partial charge in [-0.2, -0.15) is 0 Å². The molecule has 54 valence electrons. The molecule has 0 aliphatic carbocycles. The maximum atomic E-state index is 9.60. The van der Waals surface area contributed by atoms with E-state index in [2.05, 4.69) is 20.4 Å². The van der Waals surface area contributed by atoms with Crippen LogP contribution in [-0.4, -0.2) is 25.3 Å². The lowest BCUT2D eigenvalue weighted by Gasteiger charge is -1.93. The van der Waals surface area contributed by atoms with E-state index in [9.17, 15) is 10.1 Å².